The van der Waals surface area contributed by atoms with Crippen LogP contribution in [0.5, 0.6) is 5.75 Å². The third kappa shape index (κ3) is 4.04. The highest BCUT2D eigenvalue weighted by atomic mass is 35.5. The zero-order chi connectivity index (χ0) is 22.1. The molecule has 0 radical (unpaired) electrons. The van der Waals surface area contributed by atoms with Crippen molar-refractivity contribution in [2.75, 3.05) is 12.4 Å². The van der Waals surface area contributed by atoms with Crippen LogP contribution in [-0.2, 0) is 9.53 Å². The molecule has 8 heteroatoms. The molecule has 1 atom stereocenters. The Hall–Kier alpha value is -3.22. The molecule has 4 aromatic rings. The molecule has 6 nitrogen and oxygen atoms in total. The van der Waals surface area contributed by atoms with Gasteiger partial charge in [-0.05, 0) is 31.2 Å². The van der Waals surface area contributed by atoms with Gasteiger partial charge in [0, 0.05) is 16.8 Å². The van der Waals surface area contributed by atoms with Gasteiger partial charge >= 0.3 is 5.97 Å². The second kappa shape index (κ2) is 8.49. The summed E-state index contributed by atoms with van der Waals surface area (Å²) in [6.07, 6.45) is -1.11. The highest BCUT2D eigenvalue weighted by molar-refractivity contribution is 6.39. The van der Waals surface area contributed by atoms with Crippen LogP contribution in [0.1, 0.15) is 17.3 Å². The van der Waals surface area contributed by atoms with Crippen LogP contribution in [0.25, 0.3) is 21.9 Å². The normalized spacial score (nSPS) is 12.0. The lowest BCUT2D eigenvalue weighted by Crippen LogP contribution is -2.30. The van der Waals surface area contributed by atoms with Gasteiger partial charge in [-0.3, -0.25) is 4.79 Å². The van der Waals surface area contributed by atoms with E-state index in [2.05, 4.69) is 5.32 Å². The molecule has 4 rings (SSSR count). The number of methoxy groups -OCH3 is 1. The van der Waals surface area contributed by atoms with E-state index in [1.54, 1.807) is 18.2 Å². The number of halogens is 2. The van der Waals surface area contributed by atoms with E-state index in [4.69, 9.17) is 37.1 Å². The average Bonchev–Trinajstić information content (AvgIpc) is 3.10. The molecule has 0 aliphatic rings. The summed E-state index contributed by atoms with van der Waals surface area (Å²) in [5, 5.41) is 4.80. The van der Waals surface area contributed by atoms with Crippen LogP contribution in [0.2, 0.25) is 10.0 Å². The molecule has 31 heavy (non-hydrogen) atoms. The van der Waals surface area contributed by atoms with E-state index in [9.17, 15) is 9.59 Å². The Bertz CT molecular complexity index is 1290. The van der Waals surface area contributed by atoms with E-state index < -0.39 is 18.0 Å². The topological polar surface area (TPSA) is 77.8 Å². The first-order valence-electron chi connectivity index (χ1n) is 9.34. The number of hydrogen-bond acceptors (Lipinski definition) is 5. The Balaban J connectivity index is 1.57. The van der Waals surface area contributed by atoms with E-state index in [1.165, 1.54) is 26.2 Å². The monoisotopic (exact) mass is 457 g/mol. The fourth-order valence-corrected chi connectivity index (χ4v) is 3.77. The molecule has 0 bridgehead atoms. The molecule has 158 valence electrons. The van der Waals surface area contributed by atoms with Crippen LogP contribution in [0.15, 0.2) is 59.0 Å². The largest absolute Gasteiger partial charge is 0.495 e. The molecule has 0 fully saturated rings. The standard InChI is InChI=1S/C23H17Cl2NO5/c1-12(30-23(28)21-15(24)7-5-8-16(21)25)22(27)26-17-11-19-14(10-20(17)29-2)13-6-3-4-9-18(13)31-19/h3-12H,1-2H3,(H,26,27)/t12-/m0/s1. The van der Waals surface area contributed by atoms with Crippen molar-refractivity contribution in [3.63, 3.8) is 0 Å². The van der Waals surface area contributed by atoms with E-state index in [0.717, 1.165) is 16.4 Å². The van der Waals surface area contributed by atoms with Gasteiger partial charge in [-0.2, -0.15) is 0 Å². The Morgan fingerprint density at radius 3 is 2.39 bits per heavy atom. The maximum atomic E-state index is 12.7. The van der Waals surface area contributed by atoms with Gasteiger partial charge < -0.3 is 19.2 Å². The van der Waals surface area contributed by atoms with Gasteiger partial charge in [-0.25, -0.2) is 4.79 Å². The summed E-state index contributed by atoms with van der Waals surface area (Å²) in [4.78, 5) is 25.1. The summed E-state index contributed by atoms with van der Waals surface area (Å²) in [7, 11) is 1.50. The number of esters is 1. The van der Waals surface area contributed by atoms with Gasteiger partial charge in [-0.15, -0.1) is 0 Å². The molecule has 0 aliphatic carbocycles. The van der Waals surface area contributed by atoms with Crippen molar-refractivity contribution in [2.24, 2.45) is 0 Å². The first-order valence-corrected chi connectivity index (χ1v) is 10.1. The molecule has 1 aromatic heterocycles. The van der Waals surface area contributed by atoms with Crippen molar-refractivity contribution < 1.29 is 23.5 Å². The number of rotatable bonds is 5. The van der Waals surface area contributed by atoms with Crippen molar-refractivity contribution >= 4 is 62.7 Å². The fourth-order valence-electron chi connectivity index (χ4n) is 3.22. The minimum Gasteiger partial charge on any atom is -0.495 e. The predicted molar refractivity (Wildman–Crippen MR) is 120 cm³/mol. The number of carbonyl (C=O) groups excluding carboxylic acids is 2. The molecule has 1 amide bonds. The molecule has 0 spiro atoms. The van der Waals surface area contributed by atoms with E-state index in [1.807, 2.05) is 24.3 Å². The maximum Gasteiger partial charge on any atom is 0.341 e. The van der Waals surface area contributed by atoms with Crippen molar-refractivity contribution in [3.05, 3.63) is 70.2 Å². The molecular formula is C23H17Cl2NO5. The van der Waals surface area contributed by atoms with Gasteiger partial charge in [0.2, 0.25) is 0 Å². The average molecular weight is 458 g/mol. The molecule has 1 heterocycles. The Kier molecular flexibility index (Phi) is 5.76. The quantitative estimate of drug-likeness (QED) is 0.367. The van der Waals surface area contributed by atoms with Crippen molar-refractivity contribution in [2.45, 2.75) is 13.0 Å². The van der Waals surface area contributed by atoms with Gasteiger partial charge in [0.1, 0.15) is 16.9 Å². The Morgan fingerprint density at radius 2 is 1.68 bits per heavy atom. The number of para-hydroxylation sites is 1. The van der Waals surface area contributed by atoms with Gasteiger partial charge in [-0.1, -0.05) is 47.5 Å². The van der Waals surface area contributed by atoms with Crippen LogP contribution in [0, 0.1) is 0 Å². The lowest BCUT2D eigenvalue weighted by Gasteiger charge is -2.16. The summed E-state index contributed by atoms with van der Waals surface area (Å²) >= 11 is 12.1. The smallest absolute Gasteiger partial charge is 0.341 e. The van der Waals surface area contributed by atoms with E-state index >= 15 is 0 Å². The SMILES string of the molecule is COc1cc2c(cc1NC(=O)[C@H](C)OC(=O)c1c(Cl)cccc1Cl)oc1ccccc12. The minimum absolute atomic E-state index is 0.00626. The van der Waals surface area contributed by atoms with Crippen LogP contribution in [-0.4, -0.2) is 25.1 Å². The number of fused-ring (bicyclic) bond motifs is 3. The van der Waals surface area contributed by atoms with Crippen molar-refractivity contribution in [1.29, 1.82) is 0 Å². The summed E-state index contributed by atoms with van der Waals surface area (Å²) in [5.41, 5.74) is 1.70. The molecule has 0 unspecified atom stereocenters. The fraction of sp³-hybridized carbons (Fsp3) is 0.130. The number of carbonyl (C=O) groups is 2. The number of hydrogen-bond donors (Lipinski definition) is 1. The highest BCUT2D eigenvalue weighted by Gasteiger charge is 2.24. The number of benzene rings is 3. The van der Waals surface area contributed by atoms with E-state index in [-0.39, 0.29) is 15.6 Å². The second-order valence-electron chi connectivity index (χ2n) is 6.78. The maximum absolute atomic E-state index is 12.7. The molecule has 3 aromatic carbocycles. The molecule has 0 saturated heterocycles. The van der Waals surface area contributed by atoms with Crippen molar-refractivity contribution in [1.82, 2.24) is 0 Å². The lowest BCUT2D eigenvalue weighted by molar-refractivity contribution is -0.123. The number of amides is 1. The molecular weight excluding hydrogens is 441 g/mol. The first-order chi connectivity index (χ1) is 14.9. The molecule has 1 N–H and O–H groups in total. The van der Waals surface area contributed by atoms with Gasteiger partial charge in [0.05, 0.1) is 28.4 Å². The van der Waals surface area contributed by atoms with Crippen molar-refractivity contribution in [3.8, 4) is 5.75 Å². The Morgan fingerprint density at radius 1 is 0.968 bits per heavy atom. The number of ether oxygens (including phenoxy) is 2. The number of nitrogens with one attached hydrogen (secondary N) is 1. The van der Waals surface area contributed by atoms with Crippen LogP contribution in [0.3, 0.4) is 0 Å². The van der Waals surface area contributed by atoms with E-state index in [0.29, 0.717) is 17.0 Å². The lowest BCUT2D eigenvalue weighted by atomic mass is 10.1. The third-order valence-electron chi connectivity index (χ3n) is 4.78. The number of furan rings is 1. The summed E-state index contributed by atoms with van der Waals surface area (Å²) in [5.74, 6) is -0.900. The van der Waals surface area contributed by atoms with Crippen LogP contribution >= 0.6 is 23.2 Å². The first kappa shape index (κ1) is 21.0. The van der Waals surface area contributed by atoms with Crippen LogP contribution in [0.4, 0.5) is 5.69 Å². The summed E-state index contributed by atoms with van der Waals surface area (Å²) < 4.78 is 16.6. The Labute approximate surface area is 187 Å². The van der Waals surface area contributed by atoms with Crippen LogP contribution < -0.4 is 10.1 Å². The van der Waals surface area contributed by atoms with Gasteiger partial charge in [0.15, 0.2) is 6.10 Å². The predicted octanol–water partition coefficient (Wildman–Crippen LogP) is 6.09. The highest BCUT2D eigenvalue weighted by Crippen LogP contribution is 2.36. The molecule has 0 aliphatic heterocycles. The molecule has 0 saturated carbocycles. The zero-order valence-electron chi connectivity index (χ0n) is 16.6. The third-order valence-corrected chi connectivity index (χ3v) is 5.41. The zero-order valence-corrected chi connectivity index (χ0v) is 18.1. The van der Waals surface area contributed by atoms with Gasteiger partial charge in [0.25, 0.3) is 5.91 Å². The number of anilines is 1. The minimum atomic E-state index is -1.11. The second-order valence-corrected chi connectivity index (χ2v) is 7.59. The summed E-state index contributed by atoms with van der Waals surface area (Å²) in [6.45, 7) is 1.45. The summed E-state index contributed by atoms with van der Waals surface area (Å²) in [6, 6.07) is 15.7.